The number of carbonyl (C=O) groups is 2. The van der Waals surface area contributed by atoms with Gasteiger partial charge in [0.2, 0.25) is 0 Å². The van der Waals surface area contributed by atoms with E-state index in [1.165, 1.54) is 6.42 Å². The Morgan fingerprint density at radius 1 is 0.967 bits per heavy atom. The van der Waals surface area contributed by atoms with Gasteiger partial charge >= 0.3 is 6.03 Å². The van der Waals surface area contributed by atoms with Crippen molar-refractivity contribution in [3.8, 4) is 0 Å². The van der Waals surface area contributed by atoms with Crippen LogP contribution in [0.1, 0.15) is 49.0 Å². The molecule has 0 spiro atoms. The second-order valence-corrected chi connectivity index (χ2v) is 7.55. The molecule has 0 aromatic heterocycles. The van der Waals surface area contributed by atoms with Crippen molar-refractivity contribution in [2.75, 3.05) is 36.4 Å². The first kappa shape index (κ1) is 21.7. The minimum absolute atomic E-state index is 0.00826. The van der Waals surface area contributed by atoms with Crippen LogP contribution in [-0.4, -0.2) is 43.0 Å². The smallest absolute Gasteiger partial charge is 0.319 e. The molecular formula is C24H32N4O2. The maximum atomic E-state index is 13.2. The highest BCUT2D eigenvalue weighted by atomic mass is 16.2. The molecule has 1 saturated heterocycles. The Kier molecular flexibility index (Phi) is 7.71. The van der Waals surface area contributed by atoms with Crippen LogP contribution in [0.25, 0.3) is 0 Å². The van der Waals surface area contributed by atoms with Crippen LogP contribution in [0.3, 0.4) is 0 Å². The first-order valence-corrected chi connectivity index (χ1v) is 10.9. The van der Waals surface area contributed by atoms with Crippen molar-refractivity contribution < 1.29 is 9.59 Å². The fourth-order valence-electron chi connectivity index (χ4n) is 3.83. The minimum Gasteiger partial charge on any atom is -0.371 e. The van der Waals surface area contributed by atoms with Gasteiger partial charge < -0.3 is 20.4 Å². The molecule has 0 atom stereocenters. The number of benzene rings is 2. The molecular weight excluding hydrogens is 376 g/mol. The summed E-state index contributed by atoms with van der Waals surface area (Å²) in [6.07, 6.45) is 3.51. The molecule has 3 rings (SSSR count). The lowest BCUT2D eigenvalue weighted by atomic mass is 10.1. The summed E-state index contributed by atoms with van der Waals surface area (Å²) in [6.45, 7) is 7.66. The average molecular weight is 409 g/mol. The van der Waals surface area contributed by atoms with Crippen LogP contribution in [-0.2, 0) is 6.54 Å². The van der Waals surface area contributed by atoms with Crippen molar-refractivity contribution in [3.63, 3.8) is 0 Å². The predicted molar refractivity (Wildman–Crippen MR) is 122 cm³/mol. The number of piperidine rings is 1. The lowest BCUT2D eigenvalue weighted by molar-refractivity contribution is 0.0773. The van der Waals surface area contributed by atoms with Gasteiger partial charge in [0, 0.05) is 44.1 Å². The number of nitrogens with one attached hydrogen (secondary N) is 2. The maximum absolute atomic E-state index is 13.2. The molecule has 6 nitrogen and oxygen atoms in total. The molecule has 2 aromatic rings. The first-order chi connectivity index (χ1) is 14.6. The van der Waals surface area contributed by atoms with Gasteiger partial charge in [-0.15, -0.1) is 0 Å². The van der Waals surface area contributed by atoms with E-state index in [0.29, 0.717) is 30.9 Å². The van der Waals surface area contributed by atoms with Gasteiger partial charge in [0.05, 0.1) is 5.56 Å². The number of anilines is 2. The van der Waals surface area contributed by atoms with Crippen molar-refractivity contribution in [2.24, 2.45) is 0 Å². The van der Waals surface area contributed by atoms with Crippen molar-refractivity contribution in [1.29, 1.82) is 0 Å². The van der Waals surface area contributed by atoms with Crippen LogP contribution in [0, 0.1) is 0 Å². The summed E-state index contributed by atoms with van der Waals surface area (Å²) in [6, 6.07) is 15.1. The highest BCUT2D eigenvalue weighted by Gasteiger charge is 2.22. The predicted octanol–water partition coefficient (Wildman–Crippen LogP) is 4.48. The highest BCUT2D eigenvalue weighted by molar-refractivity contribution is 6.02. The molecule has 1 aliphatic rings. The zero-order valence-corrected chi connectivity index (χ0v) is 18.0. The third-order valence-corrected chi connectivity index (χ3v) is 5.53. The molecule has 6 heteroatoms. The number of nitrogens with zero attached hydrogens (tertiary/aromatic N) is 2. The number of amides is 3. The Morgan fingerprint density at radius 2 is 1.67 bits per heavy atom. The lowest BCUT2D eigenvalue weighted by Gasteiger charge is -2.31. The molecule has 160 valence electrons. The van der Waals surface area contributed by atoms with Crippen molar-refractivity contribution in [3.05, 3.63) is 59.7 Å². The molecule has 0 unspecified atom stereocenters. The summed E-state index contributed by atoms with van der Waals surface area (Å²) in [7, 11) is 0. The zero-order valence-electron chi connectivity index (χ0n) is 18.0. The monoisotopic (exact) mass is 408 g/mol. The molecule has 30 heavy (non-hydrogen) atoms. The molecule has 2 N–H and O–H groups in total. The largest absolute Gasteiger partial charge is 0.371 e. The quantitative estimate of drug-likeness (QED) is 0.710. The number of hydrogen-bond acceptors (Lipinski definition) is 3. The summed E-state index contributed by atoms with van der Waals surface area (Å²) in [5.41, 5.74) is 3.27. The Hall–Kier alpha value is -3.02. The van der Waals surface area contributed by atoms with E-state index in [1.807, 2.05) is 67.3 Å². The van der Waals surface area contributed by atoms with Gasteiger partial charge in [0.15, 0.2) is 0 Å². The Bertz CT molecular complexity index is 844. The molecule has 0 radical (unpaired) electrons. The lowest BCUT2D eigenvalue weighted by Crippen LogP contribution is -2.35. The van der Waals surface area contributed by atoms with Gasteiger partial charge in [-0.2, -0.15) is 0 Å². The Balaban J connectivity index is 1.77. The SMILES string of the molecule is CCN(CC)C(=O)c1cc(NC(=O)NCc2ccccc2)ccc1N1CCCCC1. The van der Waals surface area contributed by atoms with Gasteiger partial charge in [0.25, 0.3) is 5.91 Å². The highest BCUT2D eigenvalue weighted by Crippen LogP contribution is 2.28. The second kappa shape index (κ2) is 10.7. The van der Waals surface area contributed by atoms with Crippen LogP contribution >= 0.6 is 0 Å². The van der Waals surface area contributed by atoms with E-state index in [1.54, 1.807) is 0 Å². The van der Waals surface area contributed by atoms with Gasteiger partial charge in [-0.05, 0) is 56.9 Å². The van der Waals surface area contributed by atoms with Gasteiger partial charge in [-0.1, -0.05) is 30.3 Å². The third-order valence-electron chi connectivity index (χ3n) is 5.53. The number of carbonyl (C=O) groups excluding carboxylic acids is 2. The summed E-state index contributed by atoms with van der Waals surface area (Å²) >= 11 is 0. The minimum atomic E-state index is -0.286. The Morgan fingerprint density at radius 3 is 2.33 bits per heavy atom. The zero-order chi connectivity index (χ0) is 21.3. The van der Waals surface area contributed by atoms with E-state index in [-0.39, 0.29) is 11.9 Å². The van der Waals surface area contributed by atoms with Gasteiger partial charge in [-0.3, -0.25) is 4.79 Å². The first-order valence-electron chi connectivity index (χ1n) is 10.9. The number of urea groups is 1. The number of rotatable bonds is 7. The summed E-state index contributed by atoms with van der Waals surface area (Å²) < 4.78 is 0. The maximum Gasteiger partial charge on any atom is 0.319 e. The van der Waals surface area contributed by atoms with Crippen LogP contribution in [0.4, 0.5) is 16.2 Å². The van der Waals surface area contributed by atoms with E-state index in [4.69, 9.17) is 0 Å². The molecule has 3 amide bonds. The fourth-order valence-corrected chi connectivity index (χ4v) is 3.83. The van der Waals surface area contributed by atoms with Gasteiger partial charge in [0.1, 0.15) is 0 Å². The molecule has 1 aliphatic heterocycles. The van der Waals surface area contributed by atoms with Crippen LogP contribution < -0.4 is 15.5 Å². The standard InChI is InChI=1S/C24H32N4O2/c1-3-27(4-2)23(29)21-17-20(13-14-22(21)28-15-9-6-10-16-28)26-24(30)25-18-19-11-7-5-8-12-19/h5,7-8,11-14,17H,3-4,6,9-10,15-16,18H2,1-2H3,(H2,25,26,30). The Labute approximate surface area is 179 Å². The molecule has 1 heterocycles. The third kappa shape index (κ3) is 5.53. The van der Waals surface area contributed by atoms with Crippen LogP contribution in [0.5, 0.6) is 0 Å². The van der Waals surface area contributed by atoms with Crippen LogP contribution in [0.2, 0.25) is 0 Å². The van der Waals surface area contributed by atoms with Crippen molar-refractivity contribution in [1.82, 2.24) is 10.2 Å². The normalized spacial score (nSPS) is 13.6. The molecule has 2 aromatic carbocycles. The van der Waals surface area contributed by atoms with Gasteiger partial charge in [-0.25, -0.2) is 4.79 Å². The van der Waals surface area contributed by atoms with Crippen LogP contribution in [0.15, 0.2) is 48.5 Å². The van der Waals surface area contributed by atoms with Crippen molar-refractivity contribution in [2.45, 2.75) is 39.7 Å². The molecule has 1 fully saturated rings. The summed E-state index contributed by atoms with van der Waals surface area (Å²) in [4.78, 5) is 29.7. The molecule has 0 saturated carbocycles. The van der Waals surface area contributed by atoms with E-state index in [0.717, 1.165) is 37.2 Å². The molecule has 0 aliphatic carbocycles. The molecule has 0 bridgehead atoms. The van der Waals surface area contributed by atoms with Crippen molar-refractivity contribution >= 4 is 23.3 Å². The summed E-state index contributed by atoms with van der Waals surface area (Å²) in [5.74, 6) is 0.00826. The van der Waals surface area contributed by atoms with E-state index in [2.05, 4.69) is 15.5 Å². The van der Waals surface area contributed by atoms with E-state index >= 15 is 0 Å². The van der Waals surface area contributed by atoms with E-state index < -0.39 is 0 Å². The number of hydrogen-bond donors (Lipinski definition) is 2. The topological polar surface area (TPSA) is 64.7 Å². The summed E-state index contributed by atoms with van der Waals surface area (Å²) in [5, 5.41) is 5.74. The fraction of sp³-hybridized carbons (Fsp3) is 0.417. The van der Waals surface area contributed by atoms with E-state index in [9.17, 15) is 9.59 Å². The average Bonchev–Trinajstić information content (AvgIpc) is 2.79. The second-order valence-electron chi connectivity index (χ2n) is 7.55.